The van der Waals surface area contributed by atoms with Gasteiger partial charge >= 0.3 is 0 Å². The van der Waals surface area contributed by atoms with E-state index < -0.39 is 0 Å². The van der Waals surface area contributed by atoms with Gasteiger partial charge in [-0.3, -0.25) is 0 Å². The third-order valence-corrected chi connectivity index (χ3v) is 6.05. The second kappa shape index (κ2) is 8.34. The van der Waals surface area contributed by atoms with Gasteiger partial charge in [-0.25, -0.2) is 9.97 Å². The third-order valence-electron chi connectivity index (χ3n) is 5.09. The lowest BCUT2D eigenvalue weighted by Gasteiger charge is -2.34. The van der Waals surface area contributed by atoms with E-state index in [0.29, 0.717) is 0 Å². The van der Waals surface area contributed by atoms with Gasteiger partial charge in [0.15, 0.2) is 5.82 Å². The summed E-state index contributed by atoms with van der Waals surface area (Å²) in [6.07, 6.45) is 5.12. The van der Waals surface area contributed by atoms with Gasteiger partial charge in [0.1, 0.15) is 16.5 Å². The summed E-state index contributed by atoms with van der Waals surface area (Å²) in [5.41, 5.74) is 3.06. The molecule has 1 fully saturated rings. The molecule has 7 nitrogen and oxygen atoms in total. The molecular weight excluding hydrogens is 384 g/mol. The van der Waals surface area contributed by atoms with Crippen LogP contribution < -0.4 is 9.80 Å². The number of hydrogen-bond donors (Lipinski definition) is 2. The number of hydrogen-bond acceptors (Lipinski definition) is 7. The average Bonchev–Trinajstić information content (AvgIpc) is 3.13. The van der Waals surface area contributed by atoms with Crippen LogP contribution in [0.15, 0.2) is 52.8 Å². The molecule has 0 radical (unpaired) electrons. The molecule has 2 N–H and O–H groups in total. The number of H-pyrrole nitrogens is 1. The van der Waals surface area contributed by atoms with E-state index in [1.54, 1.807) is 18.6 Å². The lowest BCUT2D eigenvalue weighted by molar-refractivity contribution is 0.312. The van der Waals surface area contributed by atoms with Crippen LogP contribution in [0.2, 0.25) is 0 Å². The minimum atomic E-state index is 0.219. The highest BCUT2D eigenvalue weighted by Crippen LogP contribution is 2.36. The zero-order valence-corrected chi connectivity index (χ0v) is 17.8. The number of aromatic hydroxyl groups is 1. The SMILES string of the molecule is CN1CCN(c2ncc(Sc3c[nH]cc3O)nc2-c2ccc(N(C)C)cc2)CC1. The Balaban J connectivity index is 1.71. The predicted molar refractivity (Wildman–Crippen MR) is 118 cm³/mol. The number of likely N-dealkylation sites (N-methyl/N-ethyl adjacent to an activating group) is 1. The van der Waals surface area contributed by atoms with Crippen molar-refractivity contribution in [3.05, 3.63) is 42.9 Å². The van der Waals surface area contributed by atoms with Crippen LogP contribution in [0, 0.1) is 0 Å². The maximum absolute atomic E-state index is 9.95. The summed E-state index contributed by atoms with van der Waals surface area (Å²) in [6, 6.07) is 8.40. The molecule has 3 aromatic rings. The molecule has 0 bridgehead atoms. The molecule has 8 heteroatoms. The second-order valence-electron chi connectivity index (χ2n) is 7.42. The molecule has 1 saturated heterocycles. The fourth-order valence-corrected chi connectivity index (χ4v) is 4.07. The Morgan fingerprint density at radius 2 is 1.79 bits per heavy atom. The number of rotatable bonds is 5. The summed E-state index contributed by atoms with van der Waals surface area (Å²) in [5.74, 6) is 1.13. The smallest absolute Gasteiger partial charge is 0.155 e. The maximum atomic E-state index is 9.95. The molecule has 1 aliphatic rings. The van der Waals surface area contributed by atoms with E-state index in [-0.39, 0.29) is 5.75 Å². The fraction of sp³-hybridized carbons (Fsp3) is 0.333. The molecule has 0 saturated carbocycles. The summed E-state index contributed by atoms with van der Waals surface area (Å²) in [4.78, 5) is 20.1. The van der Waals surface area contributed by atoms with Crippen molar-refractivity contribution >= 4 is 23.3 Å². The average molecular weight is 411 g/mol. The van der Waals surface area contributed by atoms with Gasteiger partial charge in [-0.15, -0.1) is 0 Å². The van der Waals surface area contributed by atoms with Crippen LogP contribution in [0.25, 0.3) is 11.3 Å². The third kappa shape index (κ3) is 4.33. The summed E-state index contributed by atoms with van der Waals surface area (Å²) in [5, 5.41) is 10.7. The highest BCUT2D eigenvalue weighted by molar-refractivity contribution is 7.99. The first-order valence-electron chi connectivity index (χ1n) is 9.63. The van der Waals surface area contributed by atoms with Gasteiger partial charge in [0.05, 0.1) is 11.1 Å². The molecular formula is C21H26N6OS. The number of aromatic nitrogens is 3. The Bertz CT molecular complexity index is 964. The standard InChI is InChI=1S/C21H26N6OS/c1-25(2)16-6-4-15(5-7-16)20-21(27-10-8-26(3)9-11-27)23-14-19(24-20)29-18-13-22-12-17(18)28/h4-7,12-14,22,28H,8-11H2,1-3H3. The van der Waals surface area contributed by atoms with Crippen molar-refractivity contribution in [3.63, 3.8) is 0 Å². The molecule has 0 atom stereocenters. The van der Waals surface area contributed by atoms with E-state index in [0.717, 1.165) is 58.9 Å². The Labute approximate surface area is 175 Å². The number of aromatic amines is 1. The molecule has 4 rings (SSSR count). The van der Waals surface area contributed by atoms with Crippen LogP contribution in [0.4, 0.5) is 11.5 Å². The second-order valence-corrected chi connectivity index (χ2v) is 8.48. The van der Waals surface area contributed by atoms with Gasteiger partial charge in [0.2, 0.25) is 0 Å². The van der Waals surface area contributed by atoms with Crippen LogP contribution >= 0.6 is 11.8 Å². The summed E-state index contributed by atoms with van der Waals surface area (Å²) < 4.78 is 0. The predicted octanol–water partition coefficient (Wildman–Crippen LogP) is 3.15. The Morgan fingerprint density at radius 1 is 1.07 bits per heavy atom. The first-order valence-corrected chi connectivity index (χ1v) is 10.4. The summed E-state index contributed by atoms with van der Waals surface area (Å²) in [6.45, 7) is 3.88. The Hall–Kier alpha value is -2.71. The molecule has 29 heavy (non-hydrogen) atoms. The van der Waals surface area contributed by atoms with Gasteiger partial charge in [-0.05, 0) is 19.2 Å². The number of piperazine rings is 1. The number of anilines is 2. The van der Waals surface area contributed by atoms with E-state index in [9.17, 15) is 5.11 Å². The number of nitrogens with zero attached hydrogens (tertiary/aromatic N) is 5. The maximum Gasteiger partial charge on any atom is 0.155 e. The van der Waals surface area contributed by atoms with E-state index in [4.69, 9.17) is 9.97 Å². The Kier molecular flexibility index (Phi) is 5.64. The molecule has 0 spiro atoms. The van der Waals surface area contributed by atoms with Gasteiger partial charge in [0, 0.05) is 63.9 Å². The topological polar surface area (TPSA) is 71.5 Å². The molecule has 0 amide bonds. The van der Waals surface area contributed by atoms with Gasteiger partial charge < -0.3 is 24.8 Å². The van der Waals surface area contributed by atoms with Crippen LogP contribution in [-0.4, -0.2) is 72.3 Å². The van der Waals surface area contributed by atoms with Crippen LogP contribution in [0.1, 0.15) is 0 Å². The lowest BCUT2D eigenvalue weighted by Crippen LogP contribution is -2.45. The van der Waals surface area contributed by atoms with Crippen molar-refractivity contribution in [3.8, 4) is 17.0 Å². The molecule has 2 aromatic heterocycles. The van der Waals surface area contributed by atoms with E-state index in [2.05, 4.69) is 51.0 Å². The lowest BCUT2D eigenvalue weighted by atomic mass is 10.1. The van der Waals surface area contributed by atoms with E-state index >= 15 is 0 Å². The van der Waals surface area contributed by atoms with Crippen molar-refractivity contribution in [1.29, 1.82) is 0 Å². The first-order chi connectivity index (χ1) is 14.0. The molecule has 0 unspecified atom stereocenters. The van der Waals surface area contributed by atoms with Crippen molar-refractivity contribution in [1.82, 2.24) is 19.9 Å². The molecule has 1 aliphatic heterocycles. The number of benzene rings is 1. The van der Waals surface area contributed by atoms with Crippen molar-refractivity contribution < 1.29 is 5.11 Å². The van der Waals surface area contributed by atoms with Crippen LogP contribution in [0.5, 0.6) is 5.75 Å². The quantitative estimate of drug-likeness (QED) is 0.669. The highest BCUT2D eigenvalue weighted by atomic mass is 32.2. The first kappa shape index (κ1) is 19.6. The van der Waals surface area contributed by atoms with Crippen molar-refractivity contribution in [2.24, 2.45) is 0 Å². The minimum Gasteiger partial charge on any atom is -0.505 e. The largest absolute Gasteiger partial charge is 0.505 e. The summed E-state index contributed by atoms with van der Waals surface area (Å²) >= 11 is 1.40. The molecule has 3 heterocycles. The summed E-state index contributed by atoms with van der Waals surface area (Å²) in [7, 11) is 6.21. The van der Waals surface area contributed by atoms with Gasteiger partial charge in [-0.2, -0.15) is 0 Å². The normalized spacial score (nSPS) is 14.9. The van der Waals surface area contributed by atoms with Crippen molar-refractivity contribution in [2.45, 2.75) is 9.92 Å². The zero-order chi connectivity index (χ0) is 20.4. The highest BCUT2D eigenvalue weighted by Gasteiger charge is 2.21. The zero-order valence-electron chi connectivity index (χ0n) is 17.0. The minimum absolute atomic E-state index is 0.219. The fourth-order valence-electron chi connectivity index (χ4n) is 3.31. The van der Waals surface area contributed by atoms with E-state index in [1.165, 1.54) is 11.8 Å². The van der Waals surface area contributed by atoms with Gasteiger partial charge in [0.25, 0.3) is 0 Å². The monoisotopic (exact) mass is 410 g/mol. The van der Waals surface area contributed by atoms with E-state index in [1.807, 2.05) is 14.1 Å². The van der Waals surface area contributed by atoms with Crippen molar-refractivity contribution in [2.75, 3.05) is 57.1 Å². The number of nitrogens with one attached hydrogen (secondary N) is 1. The van der Waals surface area contributed by atoms with Crippen LogP contribution in [0.3, 0.4) is 0 Å². The molecule has 152 valence electrons. The Morgan fingerprint density at radius 3 is 2.41 bits per heavy atom. The molecule has 0 aliphatic carbocycles. The molecule has 1 aromatic carbocycles. The van der Waals surface area contributed by atoms with Crippen LogP contribution in [-0.2, 0) is 0 Å². The van der Waals surface area contributed by atoms with Gasteiger partial charge in [-0.1, -0.05) is 23.9 Å².